The van der Waals surface area contributed by atoms with Crippen LogP contribution in [0.1, 0.15) is 5.56 Å². The van der Waals surface area contributed by atoms with E-state index < -0.39 is 0 Å². The molecule has 3 aromatic rings. The first kappa shape index (κ1) is 13.2. The Morgan fingerprint density at radius 1 is 1.20 bits per heavy atom. The van der Waals surface area contributed by atoms with Gasteiger partial charge >= 0.3 is 0 Å². The zero-order chi connectivity index (χ0) is 14.1. The van der Waals surface area contributed by atoms with Crippen LogP contribution < -0.4 is 0 Å². The molecule has 1 aromatic carbocycles. The Kier molecular flexibility index (Phi) is 3.50. The summed E-state index contributed by atoms with van der Waals surface area (Å²) in [5.74, 6) is 0.771. The standard InChI is InChI=1S/C14H11BrN4S/c1-9-2-3-11(8-12(9)15)19-13(17-18-14(19)20)10-4-6-16-7-5-10/h2-8H,1H3,(H,18,20). The van der Waals surface area contributed by atoms with Gasteiger partial charge < -0.3 is 0 Å². The quantitative estimate of drug-likeness (QED) is 0.711. The van der Waals surface area contributed by atoms with Crippen molar-refractivity contribution < 1.29 is 0 Å². The van der Waals surface area contributed by atoms with Gasteiger partial charge in [0.15, 0.2) is 10.6 Å². The van der Waals surface area contributed by atoms with Gasteiger partial charge in [-0.1, -0.05) is 22.0 Å². The van der Waals surface area contributed by atoms with Crippen molar-refractivity contribution in [3.05, 3.63) is 57.5 Å². The van der Waals surface area contributed by atoms with E-state index in [2.05, 4.69) is 31.1 Å². The van der Waals surface area contributed by atoms with Crippen molar-refractivity contribution in [2.75, 3.05) is 0 Å². The Bertz CT molecular complexity index is 808. The Hall–Kier alpha value is -1.79. The summed E-state index contributed by atoms with van der Waals surface area (Å²) in [5, 5.41) is 7.17. The lowest BCUT2D eigenvalue weighted by atomic mass is 10.2. The van der Waals surface area contributed by atoms with Crippen molar-refractivity contribution >= 4 is 28.1 Å². The van der Waals surface area contributed by atoms with E-state index in [-0.39, 0.29) is 0 Å². The number of halogens is 1. The van der Waals surface area contributed by atoms with Gasteiger partial charge in [-0.15, -0.1) is 0 Å². The average molecular weight is 347 g/mol. The summed E-state index contributed by atoms with van der Waals surface area (Å²) in [6, 6.07) is 9.92. The number of nitrogens with zero attached hydrogens (tertiary/aromatic N) is 3. The highest BCUT2D eigenvalue weighted by atomic mass is 79.9. The molecule has 0 unspecified atom stereocenters. The van der Waals surface area contributed by atoms with Crippen LogP contribution in [0.5, 0.6) is 0 Å². The summed E-state index contributed by atoms with van der Waals surface area (Å²) >= 11 is 8.89. The third-order valence-electron chi connectivity index (χ3n) is 3.02. The molecule has 0 bridgehead atoms. The van der Waals surface area contributed by atoms with E-state index in [9.17, 15) is 0 Å². The van der Waals surface area contributed by atoms with Crippen molar-refractivity contribution in [2.45, 2.75) is 6.92 Å². The Morgan fingerprint density at radius 3 is 2.65 bits per heavy atom. The SMILES string of the molecule is Cc1ccc(-n2c(-c3ccncc3)n[nH]c2=S)cc1Br. The predicted octanol–water partition coefficient (Wildman–Crippen LogP) is 4.06. The minimum atomic E-state index is 0.563. The van der Waals surface area contributed by atoms with E-state index in [4.69, 9.17) is 12.2 Å². The number of hydrogen-bond donors (Lipinski definition) is 1. The summed E-state index contributed by atoms with van der Waals surface area (Å²) in [6.07, 6.45) is 3.48. The van der Waals surface area contributed by atoms with Crippen LogP contribution in [0, 0.1) is 11.7 Å². The highest BCUT2D eigenvalue weighted by molar-refractivity contribution is 9.10. The average Bonchev–Trinajstić information content (AvgIpc) is 2.85. The Morgan fingerprint density at radius 2 is 1.95 bits per heavy atom. The number of hydrogen-bond acceptors (Lipinski definition) is 3. The molecule has 0 radical (unpaired) electrons. The van der Waals surface area contributed by atoms with Crippen molar-refractivity contribution in [1.29, 1.82) is 0 Å². The molecule has 1 N–H and O–H groups in total. The number of aryl methyl sites for hydroxylation is 1. The molecule has 0 atom stereocenters. The number of H-pyrrole nitrogens is 1. The second-order valence-corrected chi connectivity index (χ2v) is 5.60. The number of nitrogens with one attached hydrogen (secondary N) is 1. The molecule has 0 saturated heterocycles. The molecule has 0 aliphatic carbocycles. The lowest BCUT2D eigenvalue weighted by Gasteiger charge is -2.08. The predicted molar refractivity (Wildman–Crippen MR) is 84.4 cm³/mol. The summed E-state index contributed by atoms with van der Waals surface area (Å²) in [4.78, 5) is 4.03. The maximum absolute atomic E-state index is 5.34. The van der Waals surface area contributed by atoms with E-state index in [1.807, 2.05) is 41.8 Å². The van der Waals surface area contributed by atoms with Crippen molar-refractivity contribution in [2.24, 2.45) is 0 Å². The number of rotatable bonds is 2. The van der Waals surface area contributed by atoms with E-state index in [0.29, 0.717) is 4.77 Å². The number of aromatic amines is 1. The highest BCUT2D eigenvalue weighted by Gasteiger charge is 2.11. The van der Waals surface area contributed by atoms with Gasteiger partial charge in [-0.3, -0.25) is 14.6 Å². The normalized spacial score (nSPS) is 10.7. The van der Waals surface area contributed by atoms with Crippen LogP contribution >= 0.6 is 28.1 Å². The van der Waals surface area contributed by atoms with Crippen LogP contribution in [0.4, 0.5) is 0 Å². The lowest BCUT2D eigenvalue weighted by molar-refractivity contribution is 1.03. The first-order valence-electron chi connectivity index (χ1n) is 6.01. The monoisotopic (exact) mass is 346 g/mol. The molecular formula is C14H11BrN4S. The summed E-state index contributed by atoms with van der Waals surface area (Å²) in [6.45, 7) is 2.05. The summed E-state index contributed by atoms with van der Waals surface area (Å²) < 4.78 is 3.51. The molecule has 0 saturated carbocycles. The minimum Gasteiger partial charge on any atom is -0.268 e. The molecule has 2 aromatic heterocycles. The Balaban J connectivity index is 2.22. The molecule has 4 nitrogen and oxygen atoms in total. The molecule has 0 fully saturated rings. The molecular weight excluding hydrogens is 336 g/mol. The van der Waals surface area contributed by atoms with Crippen molar-refractivity contribution in [3.8, 4) is 17.1 Å². The van der Waals surface area contributed by atoms with Gasteiger partial charge in [-0.05, 0) is 49.0 Å². The van der Waals surface area contributed by atoms with Gasteiger partial charge in [0.25, 0.3) is 0 Å². The van der Waals surface area contributed by atoms with Gasteiger partial charge in [0.1, 0.15) is 0 Å². The smallest absolute Gasteiger partial charge is 0.200 e. The van der Waals surface area contributed by atoms with Crippen molar-refractivity contribution in [1.82, 2.24) is 19.7 Å². The fourth-order valence-corrected chi connectivity index (χ4v) is 2.56. The van der Waals surface area contributed by atoms with Crippen LogP contribution in [0.3, 0.4) is 0 Å². The topological polar surface area (TPSA) is 46.5 Å². The molecule has 0 aliphatic heterocycles. The second kappa shape index (κ2) is 5.30. The fraction of sp³-hybridized carbons (Fsp3) is 0.0714. The number of aromatic nitrogens is 4. The van der Waals surface area contributed by atoms with Gasteiger partial charge in [-0.2, -0.15) is 5.10 Å². The molecule has 6 heteroatoms. The van der Waals surface area contributed by atoms with Gasteiger partial charge in [0, 0.05) is 22.4 Å². The zero-order valence-corrected chi connectivity index (χ0v) is 13.1. The van der Waals surface area contributed by atoms with E-state index in [0.717, 1.165) is 21.5 Å². The van der Waals surface area contributed by atoms with Crippen LogP contribution in [-0.4, -0.2) is 19.7 Å². The van der Waals surface area contributed by atoms with Crippen LogP contribution in [0.2, 0.25) is 0 Å². The second-order valence-electron chi connectivity index (χ2n) is 4.36. The largest absolute Gasteiger partial charge is 0.268 e. The summed E-state index contributed by atoms with van der Waals surface area (Å²) in [5.41, 5.74) is 3.10. The highest BCUT2D eigenvalue weighted by Crippen LogP contribution is 2.24. The lowest BCUT2D eigenvalue weighted by Crippen LogP contribution is -1.98. The van der Waals surface area contributed by atoms with Gasteiger partial charge in [-0.25, -0.2) is 0 Å². The van der Waals surface area contributed by atoms with E-state index >= 15 is 0 Å². The summed E-state index contributed by atoms with van der Waals surface area (Å²) in [7, 11) is 0. The van der Waals surface area contributed by atoms with Gasteiger partial charge in [0.2, 0.25) is 0 Å². The first-order chi connectivity index (χ1) is 9.66. The van der Waals surface area contributed by atoms with Crippen LogP contribution in [0.15, 0.2) is 47.2 Å². The van der Waals surface area contributed by atoms with Crippen LogP contribution in [-0.2, 0) is 0 Å². The fourth-order valence-electron chi connectivity index (χ4n) is 1.95. The number of pyridine rings is 1. The third kappa shape index (κ3) is 2.32. The van der Waals surface area contributed by atoms with Gasteiger partial charge in [0.05, 0.1) is 5.69 Å². The first-order valence-corrected chi connectivity index (χ1v) is 7.21. The molecule has 20 heavy (non-hydrogen) atoms. The maximum Gasteiger partial charge on any atom is 0.200 e. The third-order valence-corrected chi connectivity index (χ3v) is 4.15. The molecule has 0 aliphatic rings. The molecule has 2 heterocycles. The van der Waals surface area contributed by atoms with E-state index in [1.54, 1.807) is 12.4 Å². The van der Waals surface area contributed by atoms with Crippen molar-refractivity contribution in [3.63, 3.8) is 0 Å². The molecule has 3 rings (SSSR count). The van der Waals surface area contributed by atoms with E-state index in [1.165, 1.54) is 5.56 Å². The Labute approximate surface area is 129 Å². The minimum absolute atomic E-state index is 0.563. The van der Waals surface area contributed by atoms with Crippen LogP contribution in [0.25, 0.3) is 17.1 Å². The maximum atomic E-state index is 5.34. The molecule has 100 valence electrons. The molecule has 0 spiro atoms. The number of benzene rings is 1. The zero-order valence-electron chi connectivity index (χ0n) is 10.7. The molecule has 0 amide bonds.